The van der Waals surface area contributed by atoms with E-state index in [4.69, 9.17) is 51.5 Å². The molecule has 138 valence electrons. The molecule has 0 radical (unpaired) electrons. The number of rotatable bonds is 3. The van der Waals surface area contributed by atoms with Gasteiger partial charge in [-0.1, -0.05) is 58.5 Å². The number of benzene rings is 2. The van der Waals surface area contributed by atoms with Crippen LogP contribution in [0.25, 0.3) is 0 Å². The molecular formula is C19H14Cl4N4. The minimum absolute atomic E-state index is 0.147. The first-order valence-electron chi connectivity index (χ1n) is 8.15. The molecule has 1 aliphatic rings. The molecule has 0 fully saturated rings. The maximum absolute atomic E-state index is 6.52. The van der Waals surface area contributed by atoms with Crippen LogP contribution in [0, 0.1) is 0 Å². The van der Waals surface area contributed by atoms with Crippen molar-refractivity contribution in [2.45, 2.75) is 12.1 Å². The standard InChI is InChI=1S/C19H14Cl4N4/c1-26-18(14-5-3-12(21)9-16(14)23)19(27-7-6-24-10-27)17(25-26)13-4-2-11(20)8-15(13)22/h2-10,18-19H,1H3. The Labute approximate surface area is 176 Å². The zero-order chi connectivity index (χ0) is 19.1. The van der Waals surface area contributed by atoms with Crippen molar-refractivity contribution in [2.24, 2.45) is 5.10 Å². The van der Waals surface area contributed by atoms with Crippen molar-refractivity contribution in [3.63, 3.8) is 0 Å². The lowest BCUT2D eigenvalue weighted by atomic mass is 9.93. The molecule has 8 heteroatoms. The Morgan fingerprint density at radius 1 is 0.889 bits per heavy atom. The van der Waals surface area contributed by atoms with Crippen molar-refractivity contribution in [1.82, 2.24) is 14.6 Å². The summed E-state index contributed by atoms with van der Waals surface area (Å²) in [7, 11) is 1.91. The Bertz CT molecular complexity index is 1020. The van der Waals surface area contributed by atoms with E-state index in [1.54, 1.807) is 30.7 Å². The van der Waals surface area contributed by atoms with Gasteiger partial charge >= 0.3 is 0 Å². The molecule has 0 aliphatic carbocycles. The van der Waals surface area contributed by atoms with Crippen molar-refractivity contribution in [3.05, 3.63) is 86.3 Å². The molecule has 0 N–H and O–H groups in total. The monoisotopic (exact) mass is 438 g/mol. The lowest BCUT2D eigenvalue weighted by Crippen LogP contribution is -2.26. The normalized spacial score (nSPS) is 19.4. The van der Waals surface area contributed by atoms with Gasteiger partial charge in [0.15, 0.2) is 0 Å². The van der Waals surface area contributed by atoms with Crippen LogP contribution in [0.3, 0.4) is 0 Å². The molecule has 0 bridgehead atoms. The number of aromatic nitrogens is 2. The number of halogens is 4. The van der Waals surface area contributed by atoms with E-state index < -0.39 is 0 Å². The number of likely N-dealkylation sites (N-methyl/N-ethyl adjacent to an activating group) is 1. The van der Waals surface area contributed by atoms with E-state index >= 15 is 0 Å². The van der Waals surface area contributed by atoms with Crippen LogP contribution in [0.5, 0.6) is 0 Å². The molecular weight excluding hydrogens is 426 g/mol. The molecule has 0 saturated carbocycles. The van der Waals surface area contributed by atoms with E-state index in [0.29, 0.717) is 20.1 Å². The quantitative estimate of drug-likeness (QED) is 0.491. The van der Waals surface area contributed by atoms with E-state index in [2.05, 4.69) is 4.98 Å². The van der Waals surface area contributed by atoms with Crippen LogP contribution in [0.15, 0.2) is 60.2 Å². The summed E-state index contributed by atoms with van der Waals surface area (Å²) < 4.78 is 2.00. The van der Waals surface area contributed by atoms with Crippen molar-refractivity contribution >= 4 is 52.1 Å². The minimum Gasteiger partial charge on any atom is -0.326 e. The first-order valence-corrected chi connectivity index (χ1v) is 9.66. The summed E-state index contributed by atoms with van der Waals surface area (Å²) in [5, 5.41) is 8.97. The molecule has 1 aromatic heterocycles. The fourth-order valence-electron chi connectivity index (χ4n) is 3.41. The van der Waals surface area contributed by atoms with Crippen LogP contribution in [0.2, 0.25) is 20.1 Å². The van der Waals surface area contributed by atoms with Gasteiger partial charge in [0.1, 0.15) is 6.04 Å². The zero-order valence-electron chi connectivity index (χ0n) is 14.2. The second-order valence-electron chi connectivity index (χ2n) is 6.25. The highest BCUT2D eigenvalue weighted by Gasteiger charge is 2.40. The van der Waals surface area contributed by atoms with Crippen LogP contribution in [-0.4, -0.2) is 27.3 Å². The summed E-state index contributed by atoms with van der Waals surface area (Å²) in [6.07, 6.45) is 5.40. The van der Waals surface area contributed by atoms with Gasteiger partial charge < -0.3 is 4.57 Å². The number of nitrogens with zero attached hydrogens (tertiary/aromatic N) is 4. The van der Waals surface area contributed by atoms with E-state index in [9.17, 15) is 0 Å². The fraction of sp³-hybridized carbons (Fsp3) is 0.158. The number of hydrogen-bond donors (Lipinski definition) is 0. The van der Waals surface area contributed by atoms with Gasteiger partial charge in [0.05, 0.1) is 23.1 Å². The molecule has 2 heterocycles. The van der Waals surface area contributed by atoms with Gasteiger partial charge in [-0.25, -0.2) is 4.98 Å². The van der Waals surface area contributed by atoms with E-state index in [1.165, 1.54) is 0 Å². The van der Waals surface area contributed by atoms with Crippen molar-refractivity contribution in [3.8, 4) is 0 Å². The molecule has 0 spiro atoms. The summed E-state index contributed by atoms with van der Waals surface area (Å²) in [6.45, 7) is 0. The Morgan fingerprint density at radius 2 is 1.59 bits per heavy atom. The van der Waals surface area contributed by atoms with Gasteiger partial charge in [-0.2, -0.15) is 5.10 Å². The predicted molar refractivity (Wildman–Crippen MR) is 111 cm³/mol. The average molecular weight is 440 g/mol. The number of hydrazone groups is 1. The summed E-state index contributed by atoms with van der Waals surface area (Å²) in [5.41, 5.74) is 2.55. The van der Waals surface area contributed by atoms with Gasteiger partial charge in [0, 0.05) is 40.1 Å². The first kappa shape index (κ1) is 18.6. The molecule has 2 unspecified atom stereocenters. The van der Waals surface area contributed by atoms with Crippen LogP contribution < -0.4 is 0 Å². The van der Waals surface area contributed by atoms with Gasteiger partial charge in [-0.15, -0.1) is 0 Å². The molecule has 27 heavy (non-hydrogen) atoms. The SMILES string of the molecule is CN1N=C(c2ccc(Cl)cc2Cl)C(n2ccnc2)C1c1ccc(Cl)cc1Cl. The summed E-state index contributed by atoms with van der Waals surface area (Å²) in [6, 6.07) is 10.6. The molecule has 2 atom stereocenters. The predicted octanol–water partition coefficient (Wildman–Crippen LogP) is 6.13. The summed E-state index contributed by atoms with van der Waals surface area (Å²) >= 11 is 25.1. The second kappa shape index (κ2) is 7.36. The Kier molecular flexibility index (Phi) is 5.08. The zero-order valence-corrected chi connectivity index (χ0v) is 17.2. The van der Waals surface area contributed by atoms with Crippen LogP contribution in [-0.2, 0) is 0 Å². The van der Waals surface area contributed by atoms with Gasteiger partial charge in [-0.05, 0) is 29.8 Å². The Morgan fingerprint density at radius 3 is 2.22 bits per heavy atom. The highest BCUT2D eigenvalue weighted by atomic mass is 35.5. The topological polar surface area (TPSA) is 33.4 Å². The van der Waals surface area contributed by atoms with Crippen molar-refractivity contribution in [1.29, 1.82) is 0 Å². The van der Waals surface area contributed by atoms with E-state index in [0.717, 1.165) is 16.8 Å². The molecule has 0 saturated heterocycles. The van der Waals surface area contributed by atoms with Gasteiger partial charge in [0.25, 0.3) is 0 Å². The van der Waals surface area contributed by atoms with Crippen LogP contribution in [0.4, 0.5) is 0 Å². The van der Waals surface area contributed by atoms with Crippen molar-refractivity contribution < 1.29 is 0 Å². The third-order valence-electron chi connectivity index (χ3n) is 4.58. The number of imidazole rings is 1. The van der Waals surface area contributed by atoms with E-state index in [1.807, 2.05) is 41.0 Å². The molecule has 0 amide bonds. The third kappa shape index (κ3) is 3.43. The van der Waals surface area contributed by atoms with Crippen LogP contribution in [0.1, 0.15) is 23.2 Å². The van der Waals surface area contributed by atoms with E-state index in [-0.39, 0.29) is 12.1 Å². The molecule has 3 aromatic rings. The highest BCUT2D eigenvalue weighted by Crippen LogP contribution is 2.43. The molecule has 4 nitrogen and oxygen atoms in total. The minimum atomic E-state index is -0.171. The maximum Gasteiger partial charge on any atom is 0.105 e. The second-order valence-corrected chi connectivity index (χ2v) is 7.94. The molecule has 1 aliphatic heterocycles. The smallest absolute Gasteiger partial charge is 0.105 e. The lowest BCUT2D eigenvalue weighted by molar-refractivity contribution is 0.250. The fourth-order valence-corrected chi connectivity index (χ4v) is 4.43. The average Bonchev–Trinajstić information content (AvgIpc) is 3.23. The van der Waals surface area contributed by atoms with Gasteiger partial charge in [0.2, 0.25) is 0 Å². The highest BCUT2D eigenvalue weighted by molar-refractivity contribution is 6.37. The Hall–Kier alpha value is -1.72. The summed E-state index contributed by atoms with van der Waals surface area (Å²) in [5.74, 6) is 0. The van der Waals surface area contributed by atoms with Gasteiger partial charge in [-0.3, -0.25) is 5.01 Å². The molecule has 2 aromatic carbocycles. The van der Waals surface area contributed by atoms with Crippen LogP contribution >= 0.6 is 46.4 Å². The number of hydrogen-bond acceptors (Lipinski definition) is 3. The Balaban J connectivity index is 1.86. The summed E-state index contributed by atoms with van der Waals surface area (Å²) in [4.78, 5) is 4.20. The lowest BCUT2D eigenvalue weighted by Gasteiger charge is -2.27. The largest absolute Gasteiger partial charge is 0.326 e. The first-order chi connectivity index (χ1) is 13.0. The van der Waals surface area contributed by atoms with Crippen molar-refractivity contribution in [2.75, 3.05) is 7.05 Å². The maximum atomic E-state index is 6.52. The third-order valence-corrected chi connectivity index (χ3v) is 5.69. The molecule has 4 rings (SSSR count).